The number of hydrogen-bond acceptors (Lipinski definition) is 3. The van der Waals surface area contributed by atoms with Gasteiger partial charge in [0.25, 0.3) is 5.56 Å². The van der Waals surface area contributed by atoms with Crippen LogP contribution in [0.15, 0.2) is 41.7 Å². The summed E-state index contributed by atoms with van der Waals surface area (Å²) in [5.74, 6) is 0.872. The van der Waals surface area contributed by atoms with Gasteiger partial charge < -0.3 is 4.98 Å². The molecule has 0 aliphatic rings. The van der Waals surface area contributed by atoms with Gasteiger partial charge in [0, 0.05) is 25.4 Å². The number of H-pyrrole nitrogens is 1. The van der Waals surface area contributed by atoms with Crippen molar-refractivity contribution >= 4 is 10.9 Å². The minimum Gasteiger partial charge on any atom is -0.349 e. The van der Waals surface area contributed by atoms with E-state index in [1.165, 1.54) is 0 Å². The SMILES string of the molecule is Cc1cccc2ncn(CCc3ncc[nH]3)c(=O)c12. The van der Waals surface area contributed by atoms with Crippen LogP contribution in [0.5, 0.6) is 0 Å². The van der Waals surface area contributed by atoms with E-state index < -0.39 is 0 Å². The zero-order valence-electron chi connectivity index (χ0n) is 10.6. The van der Waals surface area contributed by atoms with E-state index in [4.69, 9.17) is 0 Å². The average molecular weight is 254 g/mol. The molecule has 96 valence electrons. The van der Waals surface area contributed by atoms with Crippen LogP contribution in [0.4, 0.5) is 0 Å². The van der Waals surface area contributed by atoms with E-state index in [9.17, 15) is 4.79 Å². The first-order valence-corrected chi connectivity index (χ1v) is 6.19. The van der Waals surface area contributed by atoms with E-state index in [-0.39, 0.29) is 5.56 Å². The van der Waals surface area contributed by atoms with Gasteiger partial charge in [-0.25, -0.2) is 9.97 Å². The minimum atomic E-state index is 0.00894. The van der Waals surface area contributed by atoms with Crippen molar-refractivity contribution in [3.05, 3.63) is 58.7 Å². The number of nitrogens with one attached hydrogen (secondary N) is 1. The fourth-order valence-corrected chi connectivity index (χ4v) is 2.19. The molecule has 0 saturated carbocycles. The number of aryl methyl sites for hydroxylation is 3. The Morgan fingerprint density at radius 3 is 3.00 bits per heavy atom. The molecule has 5 heteroatoms. The molecule has 3 aromatic rings. The highest BCUT2D eigenvalue weighted by atomic mass is 16.1. The average Bonchev–Trinajstić information content (AvgIpc) is 2.91. The van der Waals surface area contributed by atoms with E-state index >= 15 is 0 Å². The number of nitrogens with zero attached hydrogens (tertiary/aromatic N) is 3. The molecule has 0 saturated heterocycles. The number of hydrogen-bond donors (Lipinski definition) is 1. The van der Waals surface area contributed by atoms with Gasteiger partial charge in [-0.2, -0.15) is 0 Å². The van der Waals surface area contributed by atoms with Crippen LogP contribution in [0.1, 0.15) is 11.4 Å². The molecule has 0 atom stereocenters. The molecule has 0 aliphatic heterocycles. The van der Waals surface area contributed by atoms with Gasteiger partial charge in [0.1, 0.15) is 5.82 Å². The van der Waals surface area contributed by atoms with Gasteiger partial charge >= 0.3 is 0 Å². The van der Waals surface area contributed by atoms with Gasteiger partial charge in [-0.15, -0.1) is 0 Å². The molecule has 0 fully saturated rings. The molecule has 5 nitrogen and oxygen atoms in total. The van der Waals surface area contributed by atoms with Gasteiger partial charge in [0.2, 0.25) is 0 Å². The van der Waals surface area contributed by atoms with Crippen LogP contribution in [0.3, 0.4) is 0 Å². The van der Waals surface area contributed by atoms with Crippen molar-refractivity contribution in [1.82, 2.24) is 19.5 Å². The summed E-state index contributed by atoms with van der Waals surface area (Å²) in [4.78, 5) is 23.9. The number of aromatic amines is 1. The highest BCUT2D eigenvalue weighted by Gasteiger charge is 2.06. The van der Waals surface area contributed by atoms with Crippen LogP contribution in [0.25, 0.3) is 10.9 Å². The quantitative estimate of drug-likeness (QED) is 0.773. The predicted molar refractivity (Wildman–Crippen MR) is 73.0 cm³/mol. The number of imidazole rings is 1. The monoisotopic (exact) mass is 254 g/mol. The first-order valence-electron chi connectivity index (χ1n) is 6.19. The van der Waals surface area contributed by atoms with E-state index in [0.29, 0.717) is 18.4 Å². The number of aromatic nitrogens is 4. The largest absolute Gasteiger partial charge is 0.349 e. The Balaban J connectivity index is 1.98. The standard InChI is InChI=1S/C14H14N4O/c1-10-3-2-4-11-13(10)14(19)18(9-17-11)8-5-12-15-6-7-16-12/h2-4,6-7,9H,5,8H2,1H3,(H,15,16). The molecular weight excluding hydrogens is 240 g/mol. The van der Waals surface area contributed by atoms with Crippen LogP contribution in [-0.2, 0) is 13.0 Å². The third-order valence-electron chi connectivity index (χ3n) is 3.21. The second kappa shape index (κ2) is 4.68. The van der Waals surface area contributed by atoms with Crippen molar-refractivity contribution in [3.63, 3.8) is 0 Å². The Morgan fingerprint density at radius 1 is 1.32 bits per heavy atom. The van der Waals surface area contributed by atoms with Gasteiger partial charge in [0.05, 0.1) is 17.2 Å². The number of fused-ring (bicyclic) bond motifs is 1. The Bertz CT molecular complexity index is 759. The molecule has 0 bridgehead atoms. The van der Waals surface area contributed by atoms with Gasteiger partial charge in [-0.3, -0.25) is 9.36 Å². The summed E-state index contributed by atoms with van der Waals surface area (Å²) in [5, 5.41) is 0.699. The molecule has 0 spiro atoms. The maximum absolute atomic E-state index is 12.4. The summed E-state index contributed by atoms with van der Waals surface area (Å²) in [5.41, 5.74) is 1.72. The fraction of sp³-hybridized carbons (Fsp3) is 0.214. The van der Waals surface area contributed by atoms with Crippen molar-refractivity contribution in [2.24, 2.45) is 0 Å². The second-order valence-electron chi connectivity index (χ2n) is 4.50. The second-order valence-corrected chi connectivity index (χ2v) is 4.50. The van der Waals surface area contributed by atoms with Gasteiger partial charge in [-0.05, 0) is 18.6 Å². The van der Waals surface area contributed by atoms with Crippen LogP contribution < -0.4 is 5.56 Å². The van der Waals surface area contributed by atoms with E-state index in [0.717, 1.165) is 16.9 Å². The number of benzene rings is 1. The smallest absolute Gasteiger partial charge is 0.261 e. The molecule has 1 N–H and O–H groups in total. The van der Waals surface area contributed by atoms with Crippen LogP contribution in [-0.4, -0.2) is 19.5 Å². The summed E-state index contributed by atoms with van der Waals surface area (Å²) < 4.78 is 1.64. The molecule has 0 aliphatic carbocycles. The van der Waals surface area contributed by atoms with E-state index in [1.54, 1.807) is 23.3 Å². The number of rotatable bonds is 3. The zero-order chi connectivity index (χ0) is 13.2. The summed E-state index contributed by atoms with van der Waals surface area (Å²) in [6.45, 7) is 2.51. The lowest BCUT2D eigenvalue weighted by Crippen LogP contribution is -2.22. The molecule has 1 aromatic carbocycles. The molecule has 19 heavy (non-hydrogen) atoms. The lowest BCUT2D eigenvalue weighted by atomic mass is 10.1. The maximum Gasteiger partial charge on any atom is 0.261 e. The van der Waals surface area contributed by atoms with Crippen LogP contribution in [0.2, 0.25) is 0 Å². The Morgan fingerprint density at radius 2 is 2.21 bits per heavy atom. The summed E-state index contributed by atoms with van der Waals surface area (Å²) in [7, 11) is 0. The normalized spacial score (nSPS) is 11.0. The highest BCUT2D eigenvalue weighted by Crippen LogP contribution is 2.11. The van der Waals surface area contributed by atoms with Crippen molar-refractivity contribution < 1.29 is 0 Å². The molecule has 3 rings (SSSR count). The maximum atomic E-state index is 12.4. The zero-order valence-corrected chi connectivity index (χ0v) is 10.6. The lowest BCUT2D eigenvalue weighted by molar-refractivity contribution is 0.646. The first-order chi connectivity index (χ1) is 9.25. The minimum absolute atomic E-state index is 0.00894. The fourth-order valence-electron chi connectivity index (χ4n) is 2.19. The Kier molecular flexibility index (Phi) is 2.87. The van der Waals surface area contributed by atoms with Crippen molar-refractivity contribution in [2.45, 2.75) is 19.9 Å². The van der Waals surface area contributed by atoms with Crippen molar-refractivity contribution in [2.75, 3.05) is 0 Å². The summed E-state index contributed by atoms with van der Waals surface area (Å²) in [6.07, 6.45) is 5.78. The van der Waals surface area contributed by atoms with Crippen LogP contribution in [0, 0.1) is 6.92 Å². The van der Waals surface area contributed by atoms with Gasteiger partial charge in [-0.1, -0.05) is 12.1 Å². The molecule has 0 amide bonds. The first kappa shape index (κ1) is 11.6. The van der Waals surface area contributed by atoms with E-state index in [2.05, 4.69) is 15.0 Å². The molecule has 2 heterocycles. The van der Waals surface area contributed by atoms with Crippen molar-refractivity contribution in [1.29, 1.82) is 0 Å². The van der Waals surface area contributed by atoms with Crippen LogP contribution >= 0.6 is 0 Å². The summed E-state index contributed by atoms with van der Waals surface area (Å²) >= 11 is 0. The Hall–Kier alpha value is -2.43. The third kappa shape index (κ3) is 2.14. The molecular formula is C14H14N4O. The third-order valence-corrected chi connectivity index (χ3v) is 3.21. The van der Waals surface area contributed by atoms with Crippen molar-refractivity contribution in [3.8, 4) is 0 Å². The molecule has 2 aromatic heterocycles. The summed E-state index contributed by atoms with van der Waals surface area (Å²) in [6, 6.07) is 5.71. The molecule has 0 unspecified atom stereocenters. The topological polar surface area (TPSA) is 63.6 Å². The molecule has 0 radical (unpaired) electrons. The Labute approximate surface area is 110 Å². The van der Waals surface area contributed by atoms with E-state index in [1.807, 2.05) is 25.1 Å². The lowest BCUT2D eigenvalue weighted by Gasteiger charge is -2.06. The highest BCUT2D eigenvalue weighted by molar-refractivity contribution is 5.80. The van der Waals surface area contributed by atoms with Gasteiger partial charge in [0.15, 0.2) is 0 Å². The predicted octanol–water partition coefficient (Wildman–Crippen LogP) is 1.67.